The molecule has 1 atom stereocenters. The van der Waals surface area contributed by atoms with E-state index in [9.17, 15) is 13.2 Å². The van der Waals surface area contributed by atoms with Crippen molar-refractivity contribution in [2.24, 2.45) is 0 Å². The maximum absolute atomic E-state index is 11.9. The summed E-state index contributed by atoms with van der Waals surface area (Å²) < 4.78 is 22.6. The molecular weight excluding hydrogens is 266 g/mol. The zero-order valence-electron chi connectivity index (χ0n) is 10.7. The topological polar surface area (TPSA) is 79.4 Å². The predicted octanol–water partition coefficient (Wildman–Crippen LogP) is 0.410. The van der Waals surface area contributed by atoms with E-state index in [1.807, 2.05) is 12.1 Å². The van der Waals surface area contributed by atoms with Crippen LogP contribution in [0.15, 0.2) is 24.5 Å². The third-order valence-electron chi connectivity index (χ3n) is 3.08. The summed E-state index contributed by atoms with van der Waals surface area (Å²) in [6, 6.07) is 3.16. The molecule has 104 valence electrons. The van der Waals surface area contributed by atoms with E-state index in [0.717, 1.165) is 5.56 Å². The summed E-state index contributed by atoms with van der Waals surface area (Å²) in [4.78, 5) is 17.4. The predicted molar refractivity (Wildman–Crippen MR) is 71.3 cm³/mol. The van der Waals surface area contributed by atoms with Crippen LogP contribution >= 0.6 is 0 Å². The molecule has 1 aliphatic heterocycles. The molecule has 1 saturated heterocycles. The second-order valence-corrected chi connectivity index (χ2v) is 6.99. The molecule has 2 rings (SSSR count). The Morgan fingerprint density at radius 2 is 2.16 bits per heavy atom. The Kier molecular flexibility index (Phi) is 4.04. The van der Waals surface area contributed by atoms with E-state index in [-0.39, 0.29) is 23.6 Å². The molecule has 1 aliphatic rings. The SMILES string of the molecule is CN(Cc1ccncc1)C(=O)N[C@H]1CCS(=O)(=O)C1. The largest absolute Gasteiger partial charge is 0.334 e. The zero-order valence-corrected chi connectivity index (χ0v) is 11.6. The first-order valence-electron chi connectivity index (χ1n) is 6.07. The quantitative estimate of drug-likeness (QED) is 0.871. The van der Waals surface area contributed by atoms with Gasteiger partial charge in [0.05, 0.1) is 11.5 Å². The van der Waals surface area contributed by atoms with Crippen molar-refractivity contribution in [3.05, 3.63) is 30.1 Å². The van der Waals surface area contributed by atoms with Gasteiger partial charge in [-0.1, -0.05) is 0 Å². The Balaban J connectivity index is 1.86. The van der Waals surface area contributed by atoms with Crippen molar-refractivity contribution >= 4 is 15.9 Å². The molecule has 2 heterocycles. The maximum atomic E-state index is 11.9. The third-order valence-corrected chi connectivity index (χ3v) is 4.84. The molecule has 0 aromatic carbocycles. The molecule has 1 fully saturated rings. The van der Waals surface area contributed by atoms with Gasteiger partial charge in [-0.3, -0.25) is 4.98 Å². The smallest absolute Gasteiger partial charge is 0.317 e. The van der Waals surface area contributed by atoms with Gasteiger partial charge in [-0.2, -0.15) is 0 Å². The van der Waals surface area contributed by atoms with Crippen LogP contribution in [0.4, 0.5) is 4.79 Å². The molecule has 19 heavy (non-hydrogen) atoms. The van der Waals surface area contributed by atoms with E-state index in [1.165, 1.54) is 4.90 Å². The summed E-state index contributed by atoms with van der Waals surface area (Å²) in [6.07, 6.45) is 3.84. The first-order chi connectivity index (χ1) is 8.96. The minimum Gasteiger partial charge on any atom is -0.334 e. The van der Waals surface area contributed by atoms with Gasteiger partial charge in [0.25, 0.3) is 0 Å². The lowest BCUT2D eigenvalue weighted by Gasteiger charge is -2.20. The Morgan fingerprint density at radius 3 is 2.74 bits per heavy atom. The van der Waals surface area contributed by atoms with Gasteiger partial charge in [0.2, 0.25) is 0 Å². The van der Waals surface area contributed by atoms with Crippen molar-refractivity contribution in [1.29, 1.82) is 0 Å². The molecule has 0 radical (unpaired) electrons. The molecule has 0 spiro atoms. The summed E-state index contributed by atoms with van der Waals surface area (Å²) in [5.41, 5.74) is 0.978. The summed E-state index contributed by atoms with van der Waals surface area (Å²) in [6.45, 7) is 0.466. The number of sulfone groups is 1. The minimum absolute atomic E-state index is 0.0435. The average Bonchev–Trinajstić information content (AvgIpc) is 2.70. The van der Waals surface area contributed by atoms with Crippen LogP contribution in [0.25, 0.3) is 0 Å². The molecule has 7 heteroatoms. The molecule has 1 aromatic rings. The second kappa shape index (κ2) is 5.56. The molecule has 0 saturated carbocycles. The molecule has 0 aliphatic carbocycles. The normalized spacial score (nSPS) is 21.0. The van der Waals surface area contributed by atoms with Crippen molar-refractivity contribution in [1.82, 2.24) is 15.2 Å². The van der Waals surface area contributed by atoms with E-state index < -0.39 is 9.84 Å². The lowest BCUT2D eigenvalue weighted by Crippen LogP contribution is -2.43. The minimum atomic E-state index is -2.97. The number of amides is 2. The Morgan fingerprint density at radius 1 is 1.47 bits per heavy atom. The van der Waals surface area contributed by atoms with E-state index in [2.05, 4.69) is 10.3 Å². The van der Waals surface area contributed by atoms with Gasteiger partial charge in [-0.25, -0.2) is 13.2 Å². The van der Waals surface area contributed by atoms with E-state index in [4.69, 9.17) is 0 Å². The van der Waals surface area contributed by atoms with Crippen molar-refractivity contribution in [3.63, 3.8) is 0 Å². The number of nitrogens with one attached hydrogen (secondary N) is 1. The highest BCUT2D eigenvalue weighted by Gasteiger charge is 2.29. The van der Waals surface area contributed by atoms with Crippen LogP contribution in [0.5, 0.6) is 0 Å². The molecule has 6 nitrogen and oxygen atoms in total. The molecule has 1 aromatic heterocycles. The van der Waals surface area contributed by atoms with Gasteiger partial charge in [0, 0.05) is 32.0 Å². The molecule has 0 bridgehead atoms. The number of rotatable bonds is 3. The number of nitrogens with zero attached hydrogens (tertiary/aromatic N) is 2. The molecule has 1 N–H and O–H groups in total. The van der Waals surface area contributed by atoms with Crippen LogP contribution in [0.1, 0.15) is 12.0 Å². The first-order valence-corrected chi connectivity index (χ1v) is 7.89. The number of pyridine rings is 1. The van der Waals surface area contributed by atoms with E-state index in [0.29, 0.717) is 13.0 Å². The van der Waals surface area contributed by atoms with Gasteiger partial charge < -0.3 is 10.2 Å². The number of hydrogen-bond donors (Lipinski definition) is 1. The number of urea groups is 1. The lowest BCUT2D eigenvalue weighted by molar-refractivity contribution is 0.203. The monoisotopic (exact) mass is 283 g/mol. The van der Waals surface area contributed by atoms with Crippen molar-refractivity contribution in [2.75, 3.05) is 18.6 Å². The molecule has 0 unspecified atom stereocenters. The van der Waals surface area contributed by atoms with E-state index >= 15 is 0 Å². The van der Waals surface area contributed by atoms with Crippen LogP contribution in [-0.2, 0) is 16.4 Å². The van der Waals surface area contributed by atoms with Gasteiger partial charge in [0.15, 0.2) is 9.84 Å². The van der Waals surface area contributed by atoms with E-state index in [1.54, 1.807) is 19.4 Å². The van der Waals surface area contributed by atoms with Gasteiger partial charge in [0.1, 0.15) is 0 Å². The van der Waals surface area contributed by atoms with Gasteiger partial charge >= 0.3 is 6.03 Å². The Labute approximate surface area is 112 Å². The van der Waals surface area contributed by atoms with Gasteiger partial charge in [-0.05, 0) is 24.1 Å². The Bertz CT molecular complexity index is 545. The van der Waals surface area contributed by atoms with Crippen molar-refractivity contribution in [3.8, 4) is 0 Å². The van der Waals surface area contributed by atoms with Crippen molar-refractivity contribution < 1.29 is 13.2 Å². The fraction of sp³-hybridized carbons (Fsp3) is 0.500. The fourth-order valence-corrected chi connectivity index (χ4v) is 3.70. The summed E-state index contributed by atoms with van der Waals surface area (Å²) in [5.74, 6) is 0.202. The second-order valence-electron chi connectivity index (χ2n) is 4.76. The van der Waals surface area contributed by atoms with Crippen LogP contribution in [0.2, 0.25) is 0 Å². The summed E-state index contributed by atoms with van der Waals surface area (Å²) in [7, 11) is -1.29. The molecule has 2 amide bonds. The number of carbonyl (C=O) groups is 1. The van der Waals surface area contributed by atoms with Crippen LogP contribution < -0.4 is 5.32 Å². The molecular formula is C12H17N3O3S. The number of aromatic nitrogens is 1. The first kappa shape index (κ1) is 13.8. The van der Waals surface area contributed by atoms with Gasteiger partial charge in [-0.15, -0.1) is 0 Å². The summed E-state index contributed by atoms with van der Waals surface area (Å²) >= 11 is 0. The Hall–Kier alpha value is -1.63. The maximum Gasteiger partial charge on any atom is 0.317 e. The highest BCUT2D eigenvalue weighted by Crippen LogP contribution is 2.11. The standard InChI is InChI=1S/C12H17N3O3S/c1-15(8-10-2-5-13-6-3-10)12(16)14-11-4-7-19(17,18)9-11/h2-3,5-6,11H,4,7-9H2,1H3,(H,14,16)/t11-/m0/s1. The number of carbonyl (C=O) groups excluding carboxylic acids is 1. The average molecular weight is 283 g/mol. The fourth-order valence-electron chi connectivity index (χ4n) is 2.03. The highest BCUT2D eigenvalue weighted by atomic mass is 32.2. The zero-order chi connectivity index (χ0) is 13.9. The van der Waals surface area contributed by atoms with Crippen LogP contribution in [0.3, 0.4) is 0 Å². The lowest BCUT2D eigenvalue weighted by atomic mass is 10.2. The summed E-state index contributed by atoms with van der Waals surface area (Å²) in [5, 5.41) is 2.75. The van der Waals surface area contributed by atoms with Crippen LogP contribution in [-0.4, -0.2) is 48.9 Å². The van der Waals surface area contributed by atoms with Crippen LogP contribution in [0, 0.1) is 0 Å². The number of hydrogen-bond acceptors (Lipinski definition) is 4. The highest BCUT2D eigenvalue weighted by molar-refractivity contribution is 7.91. The third kappa shape index (κ3) is 3.92. The van der Waals surface area contributed by atoms with Crippen molar-refractivity contribution in [2.45, 2.75) is 19.0 Å².